The lowest BCUT2D eigenvalue weighted by Gasteiger charge is -2.35. The second kappa shape index (κ2) is 8.28. The molecule has 0 saturated heterocycles. The Bertz CT molecular complexity index is 470. The minimum atomic E-state index is -0.314. The number of hydrogen-bond acceptors (Lipinski definition) is 2. The predicted octanol–water partition coefficient (Wildman–Crippen LogP) is 4.07. The van der Waals surface area contributed by atoms with Gasteiger partial charge in [-0.25, -0.2) is 4.79 Å². The third-order valence-electron chi connectivity index (χ3n) is 4.33. The Morgan fingerprint density at radius 2 is 1.91 bits per heavy atom. The number of carbonyl (C=O) groups is 1. The molecule has 2 rings (SSSR count). The van der Waals surface area contributed by atoms with Gasteiger partial charge in [0.15, 0.2) is 0 Å². The largest absolute Gasteiger partial charge is 0.494 e. The SMILES string of the molecule is CC1CCC(N(CCCOc2ccc(Cl)cc2)C(N)=O)CC1. The average Bonchev–Trinajstić information content (AvgIpc) is 2.50. The van der Waals surface area contributed by atoms with Gasteiger partial charge in [0.2, 0.25) is 0 Å². The first-order chi connectivity index (χ1) is 10.6. The highest BCUT2D eigenvalue weighted by molar-refractivity contribution is 6.30. The first-order valence-electron chi connectivity index (χ1n) is 8.00. The van der Waals surface area contributed by atoms with Gasteiger partial charge < -0.3 is 15.4 Å². The van der Waals surface area contributed by atoms with E-state index < -0.39 is 0 Å². The summed E-state index contributed by atoms with van der Waals surface area (Å²) in [7, 11) is 0. The maximum atomic E-state index is 11.7. The molecule has 0 bridgehead atoms. The fraction of sp³-hybridized carbons (Fsp3) is 0.588. The van der Waals surface area contributed by atoms with Crippen molar-refractivity contribution >= 4 is 17.6 Å². The second-order valence-electron chi connectivity index (χ2n) is 6.10. The summed E-state index contributed by atoms with van der Waals surface area (Å²) in [5.41, 5.74) is 5.54. The Morgan fingerprint density at radius 3 is 2.50 bits per heavy atom. The number of amides is 2. The summed E-state index contributed by atoms with van der Waals surface area (Å²) < 4.78 is 5.66. The molecule has 1 aliphatic carbocycles. The monoisotopic (exact) mass is 324 g/mol. The van der Waals surface area contributed by atoms with Gasteiger partial charge in [0.05, 0.1) is 6.61 Å². The van der Waals surface area contributed by atoms with Crippen LogP contribution in [0, 0.1) is 5.92 Å². The van der Waals surface area contributed by atoms with Crippen LogP contribution in [-0.4, -0.2) is 30.1 Å². The van der Waals surface area contributed by atoms with Crippen LogP contribution in [0.5, 0.6) is 5.75 Å². The Labute approximate surface area is 137 Å². The molecule has 4 nitrogen and oxygen atoms in total. The number of benzene rings is 1. The van der Waals surface area contributed by atoms with Crippen molar-refractivity contribution in [3.8, 4) is 5.75 Å². The molecule has 0 unspecified atom stereocenters. The number of primary amides is 1. The highest BCUT2D eigenvalue weighted by Gasteiger charge is 2.25. The molecule has 122 valence electrons. The maximum absolute atomic E-state index is 11.7. The molecule has 2 amide bonds. The number of ether oxygens (including phenoxy) is 1. The zero-order valence-electron chi connectivity index (χ0n) is 13.1. The van der Waals surface area contributed by atoms with Crippen molar-refractivity contribution in [3.05, 3.63) is 29.3 Å². The van der Waals surface area contributed by atoms with Crippen LogP contribution in [0.1, 0.15) is 39.0 Å². The van der Waals surface area contributed by atoms with Crippen LogP contribution >= 0.6 is 11.6 Å². The smallest absolute Gasteiger partial charge is 0.315 e. The van der Waals surface area contributed by atoms with Crippen LogP contribution < -0.4 is 10.5 Å². The lowest BCUT2D eigenvalue weighted by Crippen LogP contribution is -2.45. The van der Waals surface area contributed by atoms with Gasteiger partial charge in [0.25, 0.3) is 0 Å². The molecule has 0 aromatic heterocycles. The fourth-order valence-corrected chi connectivity index (χ4v) is 3.11. The molecule has 0 radical (unpaired) electrons. The lowest BCUT2D eigenvalue weighted by molar-refractivity contribution is 0.146. The van der Waals surface area contributed by atoms with E-state index in [0.29, 0.717) is 24.2 Å². The summed E-state index contributed by atoms with van der Waals surface area (Å²) in [5.74, 6) is 1.56. The van der Waals surface area contributed by atoms with Gasteiger partial charge in [-0.05, 0) is 62.3 Å². The van der Waals surface area contributed by atoms with E-state index in [2.05, 4.69) is 6.92 Å². The molecule has 0 aliphatic heterocycles. The highest BCUT2D eigenvalue weighted by atomic mass is 35.5. The third kappa shape index (κ3) is 5.09. The highest BCUT2D eigenvalue weighted by Crippen LogP contribution is 2.27. The number of nitrogens with zero attached hydrogens (tertiary/aromatic N) is 1. The van der Waals surface area contributed by atoms with Gasteiger partial charge in [0.1, 0.15) is 5.75 Å². The van der Waals surface area contributed by atoms with Crippen molar-refractivity contribution < 1.29 is 9.53 Å². The number of carbonyl (C=O) groups excluding carboxylic acids is 1. The van der Waals surface area contributed by atoms with E-state index in [-0.39, 0.29) is 6.03 Å². The van der Waals surface area contributed by atoms with E-state index in [0.717, 1.165) is 30.9 Å². The molecule has 1 saturated carbocycles. The van der Waals surface area contributed by atoms with Crippen molar-refractivity contribution in [2.24, 2.45) is 11.7 Å². The van der Waals surface area contributed by atoms with E-state index in [1.807, 2.05) is 17.0 Å². The number of hydrogen-bond donors (Lipinski definition) is 1. The second-order valence-corrected chi connectivity index (χ2v) is 6.54. The molecule has 2 N–H and O–H groups in total. The Morgan fingerprint density at radius 1 is 1.27 bits per heavy atom. The Balaban J connectivity index is 1.75. The van der Waals surface area contributed by atoms with Crippen LogP contribution in [0.3, 0.4) is 0 Å². The summed E-state index contributed by atoms with van der Waals surface area (Å²) in [6.07, 6.45) is 5.24. The van der Waals surface area contributed by atoms with Crippen molar-refractivity contribution in [2.45, 2.75) is 45.1 Å². The summed E-state index contributed by atoms with van der Waals surface area (Å²) in [6.45, 7) is 3.49. The fourth-order valence-electron chi connectivity index (χ4n) is 2.98. The predicted molar refractivity (Wildman–Crippen MR) is 89.3 cm³/mol. The van der Waals surface area contributed by atoms with Crippen molar-refractivity contribution in [1.82, 2.24) is 4.90 Å². The summed E-state index contributed by atoms with van der Waals surface area (Å²) >= 11 is 5.83. The van der Waals surface area contributed by atoms with Gasteiger partial charge in [-0.3, -0.25) is 0 Å². The molecule has 1 aromatic rings. The Kier molecular flexibility index (Phi) is 6.37. The van der Waals surface area contributed by atoms with Crippen molar-refractivity contribution in [2.75, 3.05) is 13.2 Å². The Hall–Kier alpha value is -1.42. The molecule has 0 atom stereocenters. The molecular weight excluding hydrogens is 300 g/mol. The van der Waals surface area contributed by atoms with Gasteiger partial charge >= 0.3 is 6.03 Å². The summed E-state index contributed by atoms with van der Waals surface area (Å²) in [4.78, 5) is 13.5. The summed E-state index contributed by atoms with van der Waals surface area (Å²) in [5, 5.41) is 0.693. The number of halogens is 1. The minimum absolute atomic E-state index is 0.296. The molecule has 22 heavy (non-hydrogen) atoms. The van der Waals surface area contributed by atoms with E-state index in [4.69, 9.17) is 22.1 Å². The van der Waals surface area contributed by atoms with E-state index in [1.54, 1.807) is 12.1 Å². The van der Waals surface area contributed by atoms with Gasteiger partial charge in [-0.1, -0.05) is 18.5 Å². The molecule has 1 fully saturated rings. The molecule has 1 aliphatic rings. The van der Waals surface area contributed by atoms with Crippen molar-refractivity contribution in [3.63, 3.8) is 0 Å². The zero-order chi connectivity index (χ0) is 15.9. The molecular formula is C17H25ClN2O2. The number of rotatable bonds is 6. The average molecular weight is 325 g/mol. The normalized spacial score (nSPS) is 21.4. The molecule has 5 heteroatoms. The molecule has 1 aromatic carbocycles. The van der Waals surface area contributed by atoms with Gasteiger partial charge in [0, 0.05) is 17.6 Å². The van der Waals surface area contributed by atoms with Crippen molar-refractivity contribution in [1.29, 1.82) is 0 Å². The molecule has 0 spiro atoms. The topological polar surface area (TPSA) is 55.6 Å². The minimum Gasteiger partial charge on any atom is -0.494 e. The standard InChI is InChI=1S/C17H25ClN2O2/c1-13-3-7-15(8-4-13)20(17(19)21)11-2-12-22-16-9-5-14(18)6-10-16/h5-6,9-10,13,15H,2-4,7-8,11-12H2,1H3,(H2,19,21). The zero-order valence-corrected chi connectivity index (χ0v) is 13.9. The number of urea groups is 1. The van der Waals surface area contributed by atoms with Crippen LogP contribution in [-0.2, 0) is 0 Å². The third-order valence-corrected chi connectivity index (χ3v) is 4.59. The molecule has 0 heterocycles. The maximum Gasteiger partial charge on any atom is 0.315 e. The quantitative estimate of drug-likeness (QED) is 0.802. The van der Waals surface area contributed by atoms with Crippen LogP contribution in [0.15, 0.2) is 24.3 Å². The first-order valence-corrected chi connectivity index (χ1v) is 8.38. The van der Waals surface area contributed by atoms with Gasteiger partial charge in [-0.15, -0.1) is 0 Å². The van der Waals surface area contributed by atoms with E-state index in [1.165, 1.54) is 12.8 Å². The van der Waals surface area contributed by atoms with Crippen LogP contribution in [0.25, 0.3) is 0 Å². The van der Waals surface area contributed by atoms with E-state index >= 15 is 0 Å². The van der Waals surface area contributed by atoms with Gasteiger partial charge in [-0.2, -0.15) is 0 Å². The van der Waals surface area contributed by atoms with E-state index in [9.17, 15) is 4.79 Å². The number of nitrogens with two attached hydrogens (primary N) is 1. The van der Waals surface area contributed by atoms with Crippen LogP contribution in [0.2, 0.25) is 5.02 Å². The summed E-state index contributed by atoms with van der Waals surface area (Å²) in [6, 6.07) is 7.27. The first kappa shape index (κ1) is 16.9. The van der Waals surface area contributed by atoms with Crippen LogP contribution in [0.4, 0.5) is 4.79 Å². The lowest BCUT2D eigenvalue weighted by atomic mass is 9.86.